The quantitative estimate of drug-likeness (QED) is 0.693. The number of hydrogen-bond donors (Lipinski definition) is 1. The number of benzene rings is 1. The van der Waals surface area contributed by atoms with Gasteiger partial charge in [-0.3, -0.25) is 0 Å². The Balaban J connectivity index is 2.36. The van der Waals surface area contributed by atoms with E-state index in [-0.39, 0.29) is 5.11 Å². The smallest absolute Gasteiger partial charge is 0.191 e. The lowest BCUT2D eigenvalue weighted by Crippen LogP contribution is -2.21. The van der Waals surface area contributed by atoms with Crippen LogP contribution in [0.2, 0.25) is 0 Å². The van der Waals surface area contributed by atoms with Crippen molar-refractivity contribution in [3.8, 4) is 5.75 Å². The van der Waals surface area contributed by atoms with Gasteiger partial charge in [0.05, 0.1) is 18.0 Å². The Bertz CT molecular complexity index is 693. The van der Waals surface area contributed by atoms with Gasteiger partial charge in [-0.25, -0.2) is 4.68 Å². The van der Waals surface area contributed by atoms with Gasteiger partial charge in [-0.2, -0.15) is 5.10 Å². The highest BCUT2D eigenvalue weighted by molar-refractivity contribution is 7.80. The molecule has 2 N–H and O–H groups in total. The molecule has 1 heterocycles. The zero-order valence-electron chi connectivity index (χ0n) is 12.2. The molecule has 0 fully saturated rings. The van der Waals surface area contributed by atoms with Crippen LogP contribution in [0.1, 0.15) is 18.3 Å². The number of aryl methyl sites for hydroxylation is 1. The first-order valence-electron chi connectivity index (χ1n) is 6.54. The zero-order valence-corrected chi connectivity index (χ0v) is 13.0. The van der Waals surface area contributed by atoms with Crippen molar-refractivity contribution in [3.63, 3.8) is 0 Å². The highest BCUT2D eigenvalue weighted by atomic mass is 32.1. The molecule has 0 aliphatic carbocycles. The lowest BCUT2D eigenvalue weighted by atomic mass is 10.3. The molecule has 0 atom stereocenters. The molecular formula is C14H17N5OS. The highest BCUT2D eigenvalue weighted by Crippen LogP contribution is 2.30. The van der Waals surface area contributed by atoms with Crippen LogP contribution < -0.4 is 10.5 Å². The van der Waals surface area contributed by atoms with E-state index in [9.17, 15) is 0 Å². The molecule has 0 spiro atoms. The van der Waals surface area contributed by atoms with Crippen LogP contribution in [0.15, 0.2) is 34.5 Å². The molecule has 0 aliphatic rings. The van der Waals surface area contributed by atoms with Crippen molar-refractivity contribution in [2.45, 2.75) is 20.8 Å². The Morgan fingerprint density at radius 2 is 2.05 bits per heavy atom. The minimum atomic E-state index is 0.187. The summed E-state index contributed by atoms with van der Waals surface area (Å²) in [7, 11) is 0. The lowest BCUT2D eigenvalue weighted by Gasteiger charge is -2.04. The zero-order chi connectivity index (χ0) is 15.4. The summed E-state index contributed by atoms with van der Waals surface area (Å²) in [5.74, 6) is 0.695. The van der Waals surface area contributed by atoms with Gasteiger partial charge in [0.1, 0.15) is 17.1 Å². The summed E-state index contributed by atoms with van der Waals surface area (Å²) < 4.78 is 6.99. The first kappa shape index (κ1) is 15.1. The van der Waals surface area contributed by atoms with Crippen molar-refractivity contribution in [2.24, 2.45) is 16.0 Å². The number of thiocarbonyl (C=S) groups is 1. The SMILES string of the molecule is CCOc1ccccc1N=Nc1c(C)nn(C(N)=S)c1C. The van der Waals surface area contributed by atoms with Gasteiger partial charge in [0, 0.05) is 0 Å². The van der Waals surface area contributed by atoms with Crippen molar-refractivity contribution < 1.29 is 4.74 Å². The molecule has 7 heteroatoms. The van der Waals surface area contributed by atoms with Crippen molar-refractivity contribution in [1.82, 2.24) is 9.78 Å². The maximum absolute atomic E-state index is 5.61. The van der Waals surface area contributed by atoms with E-state index >= 15 is 0 Å². The van der Waals surface area contributed by atoms with Crippen LogP contribution >= 0.6 is 12.2 Å². The fourth-order valence-electron chi connectivity index (χ4n) is 1.91. The number of aromatic nitrogens is 2. The minimum absolute atomic E-state index is 0.187. The Morgan fingerprint density at radius 3 is 2.67 bits per heavy atom. The van der Waals surface area contributed by atoms with Crippen molar-refractivity contribution in [2.75, 3.05) is 6.61 Å². The van der Waals surface area contributed by atoms with Gasteiger partial charge < -0.3 is 10.5 Å². The molecule has 0 amide bonds. The molecular weight excluding hydrogens is 286 g/mol. The lowest BCUT2D eigenvalue weighted by molar-refractivity contribution is 0.341. The molecule has 1 aromatic carbocycles. The molecule has 0 radical (unpaired) electrons. The Hall–Kier alpha value is -2.28. The molecule has 0 bridgehead atoms. The van der Waals surface area contributed by atoms with E-state index in [0.29, 0.717) is 23.7 Å². The normalized spacial score (nSPS) is 11.0. The Morgan fingerprint density at radius 1 is 1.33 bits per heavy atom. The molecule has 0 saturated heterocycles. The predicted octanol–water partition coefficient (Wildman–Crippen LogP) is 3.41. The molecule has 0 saturated carbocycles. The van der Waals surface area contributed by atoms with Gasteiger partial charge in [-0.1, -0.05) is 12.1 Å². The van der Waals surface area contributed by atoms with E-state index in [2.05, 4.69) is 15.3 Å². The number of azo groups is 1. The molecule has 110 valence electrons. The molecule has 2 rings (SSSR count). The Kier molecular flexibility index (Phi) is 4.64. The maximum Gasteiger partial charge on any atom is 0.191 e. The number of nitrogens with two attached hydrogens (primary N) is 1. The van der Waals surface area contributed by atoms with Crippen LogP contribution in [-0.4, -0.2) is 21.5 Å². The third-order valence-corrected chi connectivity index (χ3v) is 3.06. The Labute approximate surface area is 128 Å². The van der Waals surface area contributed by atoms with Gasteiger partial charge in [0.2, 0.25) is 0 Å². The number of para-hydroxylation sites is 1. The monoisotopic (exact) mass is 303 g/mol. The average molecular weight is 303 g/mol. The molecule has 1 aromatic heterocycles. The predicted molar refractivity (Wildman–Crippen MR) is 85.7 cm³/mol. The number of nitrogens with zero attached hydrogens (tertiary/aromatic N) is 4. The standard InChI is InChI=1S/C14H17N5OS/c1-4-20-12-8-6-5-7-11(12)16-17-13-9(2)18-19(10(13)3)14(15)21/h5-8H,4H2,1-3H3,(H2,15,21). The fraction of sp³-hybridized carbons (Fsp3) is 0.286. The largest absolute Gasteiger partial charge is 0.492 e. The summed E-state index contributed by atoms with van der Waals surface area (Å²) in [6.07, 6.45) is 0. The molecule has 0 aliphatic heterocycles. The van der Waals surface area contributed by atoms with Crippen molar-refractivity contribution in [3.05, 3.63) is 35.7 Å². The second-order valence-corrected chi connectivity index (χ2v) is 4.79. The number of rotatable bonds is 4. The third kappa shape index (κ3) is 3.25. The van der Waals surface area contributed by atoms with Gasteiger partial charge in [-0.15, -0.1) is 10.2 Å². The first-order valence-corrected chi connectivity index (χ1v) is 6.95. The van der Waals surface area contributed by atoms with Crippen LogP contribution in [0.3, 0.4) is 0 Å². The van der Waals surface area contributed by atoms with E-state index < -0.39 is 0 Å². The van der Waals surface area contributed by atoms with Crippen LogP contribution in [-0.2, 0) is 0 Å². The topological polar surface area (TPSA) is 77.8 Å². The van der Waals surface area contributed by atoms with E-state index in [1.165, 1.54) is 4.68 Å². The summed E-state index contributed by atoms with van der Waals surface area (Å²) in [6, 6.07) is 7.48. The summed E-state index contributed by atoms with van der Waals surface area (Å²) >= 11 is 4.94. The summed E-state index contributed by atoms with van der Waals surface area (Å²) in [5, 5.41) is 13.0. The van der Waals surface area contributed by atoms with E-state index in [0.717, 1.165) is 11.4 Å². The second kappa shape index (κ2) is 6.45. The van der Waals surface area contributed by atoms with Gasteiger partial charge in [-0.05, 0) is 45.1 Å². The fourth-order valence-corrected chi connectivity index (χ4v) is 2.09. The molecule has 21 heavy (non-hydrogen) atoms. The van der Waals surface area contributed by atoms with Crippen LogP contribution in [0.5, 0.6) is 5.75 Å². The van der Waals surface area contributed by atoms with Crippen LogP contribution in [0.4, 0.5) is 11.4 Å². The van der Waals surface area contributed by atoms with Gasteiger partial charge in [0.25, 0.3) is 0 Å². The average Bonchev–Trinajstić information content (AvgIpc) is 2.74. The molecule has 2 aromatic rings. The summed E-state index contributed by atoms with van der Waals surface area (Å²) in [5.41, 5.74) is 8.42. The summed E-state index contributed by atoms with van der Waals surface area (Å²) in [4.78, 5) is 0. The van der Waals surface area contributed by atoms with Crippen molar-refractivity contribution in [1.29, 1.82) is 0 Å². The highest BCUT2D eigenvalue weighted by Gasteiger charge is 2.12. The molecule has 6 nitrogen and oxygen atoms in total. The maximum atomic E-state index is 5.61. The number of hydrogen-bond acceptors (Lipinski definition) is 5. The van der Waals surface area contributed by atoms with Crippen LogP contribution in [0, 0.1) is 13.8 Å². The van der Waals surface area contributed by atoms with Gasteiger partial charge in [0.15, 0.2) is 5.11 Å². The number of ether oxygens (including phenoxy) is 1. The van der Waals surface area contributed by atoms with E-state index in [4.69, 9.17) is 22.7 Å². The second-order valence-electron chi connectivity index (χ2n) is 4.37. The van der Waals surface area contributed by atoms with Crippen molar-refractivity contribution >= 4 is 28.7 Å². The third-order valence-electron chi connectivity index (χ3n) is 2.88. The minimum Gasteiger partial charge on any atom is -0.492 e. The molecule has 0 unspecified atom stereocenters. The summed E-state index contributed by atoms with van der Waals surface area (Å²) in [6.45, 7) is 6.19. The first-order chi connectivity index (χ1) is 10.0. The van der Waals surface area contributed by atoms with Crippen LogP contribution in [0.25, 0.3) is 0 Å². The van der Waals surface area contributed by atoms with E-state index in [1.807, 2.05) is 45.0 Å². The van der Waals surface area contributed by atoms with E-state index in [1.54, 1.807) is 0 Å². The van der Waals surface area contributed by atoms with Gasteiger partial charge >= 0.3 is 0 Å².